The second-order valence-corrected chi connectivity index (χ2v) is 5.20. The van der Waals surface area contributed by atoms with Crippen molar-refractivity contribution in [3.05, 3.63) is 10.6 Å². The van der Waals surface area contributed by atoms with Crippen LogP contribution >= 0.6 is 19.5 Å². The molecule has 1 aliphatic heterocycles. The molecule has 0 N–H and O–H groups in total. The highest BCUT2D eigenvalue weighted by Gasteiger charge is 2.31. The molecule has 0 saturated heterocycles. The molecule has 0 bridgehead atoms. The van der Waals surface area contributed by atoms with Gasteiger partial charge in [-0.2, -0.15) is 0 Å². The highest BCUT2D eigenvalue weighted by Crippen LogP contribution is 2.71. The molecule has 0 unspecified atom stereocenters. The molecule has 0 atom stereocenters. The predicted octanol–water partition coefficient (Wildman–Crippen LogP) is 3.75. The Bertz CT molecular complexity index is 137. The lowest BCUT2D eigenvalue weighted by molar-refractivity contribution is 1.16. The van der Waals surface area contributed by atoms with Gasteiger partial charge in [0.25, 0.3) is 0 Å². The topological polar surface area (TPSA) is 0 Å². The fourth-order valence-electron chi connectivity index (χ4n) is 1.43. The molecule has 0 aliphatic carbocycles. The molecule has 1 rings (SSSR count). The summed E-state index contributed by atoms with van der Waals surface area (Å²) in [6.07, 6.45) is 3.78. The molecule has 0 saturated carbocycles. The Balaban J connectivity index is 2.32. The van der Waals surface area contributed by atoms with Crippen molar-refractivity contribution in [2.45, 2.75) is 26.7 Å². The highest BCUT2D eigenvalue weighted by atomic mass is 35.5. The number of rotatable bonds is 4. The lowest BCUT2D eigenvalue weighted by atomic mass is 10.4. The van der Waals surface area contributed by atoms with Crippen LogP contribution < -0.4 is 0 Å². The zero-order valence-corrected chi connectivity index (χ0v) is 8.30. The maximum atomic E-state index is 5.67. The summed E-state index contributed by atoms with van der Waals surface area (Å²) >= 11 is 5.67. The van der Waals surface area contributed by atoms with Crippen molar-refractivity contribution in [3.8, 4) is 0 Å². The van der Waals surface area contributed by atoms with Gasteiger partial charge in [-0.1, -0.05) is 21.8 Å². The average molecular weight is 177 g/mol. The van der Waals surface area contributed by atoms with Gasteiger partial charge in [-0.3, -0.25) is 0 Å². The second-order valence-electron chi connectivity index (χ2n) is 2.44. The van der Waals surface area contributed by atoms with E-state index in [-0.39, 0.29) is 7.92 Å². The van der Waals surface area contributed by atoms with Crippen LogP contribution in [0.2, 0.25) is 0 Å². The number of halogens is 1. The molecule has 0 aromatic heterocycles. The third-order valence-corrected chi connectivity index (χ3v) is 5.29. The molecule has 0 nitrogen and oxygen atoms in total. The minimum absolute atomic E-state index is 0.224. The van der Waals surface area contributed by atoms with Crippen molar-refractivity contribution < 1.29 is 0 Å². The molecule has 10 heavy (non-hydrogen) atoms. The summed E-state index contributed by atoms with van der Waals surface area (Å²) in [5, 5.41) is 3.50. The molecule has 0 fully saturated rings. The zero-order chi connectivity index (χ0) is 7.56. The van der Waals surface area contributed by atoms with Crippen molar-refractivity contribution in [2.24, 2.45) is 0 Å². The quantitative estimate of drug-likeness (QED) is 0.452. The van der Waals surface area contributed by atoms with Crippen LogP contribution in [-0.2, 0) is 0 Å². The molecular weight excluding hydrogens is 163 g/mol. The van der Waals surface area contributed by atoms with Crippen molar-refractivity contribution >= 4 is 19.5 Å². The Hall–Kier alpha value is 0.460. The number of alkyl halides is 1. The first-order valence-corrected chi connectivity index (χ1v) is 5.96. The summed E-state index contributed by atoms with van der Waals surface area (Å²) in [7, 11) is 0.224. The minimum Gasteiger partial charge on any atom is -0.126 e. The molecule has 0 aromatic rings. The molecule has 1 aliphatic rings. The first-order chi connectivity index (χ1) is 4.85. The van der Waals surface area contributed by atoms with Gasteiger partial charge < -0.3 is 0 Å². The van der Waals surface area contributed by atoms with E-state index in [1.807, 2.05) is 0 Å². The number of hydrogen-bond donors (Lipinski definition) is 0. The maximum absolute atomic E-state index is 5.67. The normalized spacial score (nSPS) is 18.3. The summed E-state index contributed by atoms with van der Waals surface area (Å²) in [5.74, 6) is 0.846. The Labute approximate surface area is 69.4 Å². The minimum atomic E-state index is 0.224. The van der Waals surface area contributed by atoms with Crippen molar-refractivity contribution in [3.63, 3.8) is 0 Å². The Morgan fingerprint density at radius 1 is 1.20 bits per heavy atom. The van der Waals surface area contributed by atoms with Gasteiger partial charge >= 0.3 is 0 Å². The van der Waals surface area contributed by atoms with Crippen molar-refractivity contribution in [1.82, 2.24) is 0 Å². The summed E-state index contributed by atoms with van der Waals surface area (Å²) in [4.78, 5) is 0. The summed E-state index contributed by atoms with van der Waals surface area (Å²) < 4.78 is 0. The lowest BCUT2D eigenvalue weighted by Gasteiger charge is -1.94. The second kappa shape index (κ2) is 3.74. The molecule has 0 radical (unpaired) electrons. The van der Waals surface area contributed by atoms with Gasteiger partial charge in [-0.05, 0) is 29.6 Å². The van der Waals surface area contributed by atoms with E-state index in [4.69, 9.17) is 11.6 Å². The van der Waals surface area contributed by atoms with E-state index in [2.05, 4.69) is 13.8 Å². The maximum Gasteiger partial charge on any atom is 0.0268 e. The third kappa shape index (κ3) is 1.54. The molecule has 2 heteroatoms. The molecule has 0 amide bonds. The van der Waals surface area contributed by atoms with Crippen LogP contribution in [0.25, 0.3) is 0 Å². The first-order valence-electron chi connectivity index (χ1n) is 3.90. The molecular formula is C8H14ClP. The fourth-order valence-corrected chi connectivity index (χ4v) is 4.50. The van der Waals surface area contributed by atoms with Gasteiger partial charge in [-0.25, -0.2) is 0 Å². The lowest BCUT2D eigenvalue weighted by Crippen LogP contribution is -1.74. The number of hydrogen-bond acceptors (Lipinski definition) is 0. The first kappa shape index (κ1) is 8.56. The van der Waals surface area contributed by atoms with Gasteiger partial charge in [0.2, 0.25) is 0 Å². The molecule has 0 aromatic carbocycles. The van der Waals surface area contributed by atoms with Crippen LogP contribution in [0, 0.1) is 0 Å². The molecule has 0 spiro atoms. The van der Waals surface area contributed by atoms with Crippen molar-refractivity contribution in [1.29, 1.82) is 0 Å². The Morgan fingerprint density at radius 3 is 2.00 bits per heavy atom. The average Bonchev–Trinajstić information content (AvgIpc) is 2.62. The highest BCUT2D eigenvalue weighted by molar-refractivity contribution is 7.73. The van der Waals surface area contributed by atoms with Crippen LogP contribution in [0.3, 0.4) is 0 Å². The van der Waals surface area contributed by atoms with Crippen molar-refractivity contribution in [2.75, 3.05) is 12.0 Å². The van der Waals surface area contributed by atoms with E-state index in [0.29, 0.717) is 0 Å². The van der Waals surface area contributed by atoms with Crippen LogP contribution in [0.1, 0.15) is 26.7 Å². The van der Waals surface area contributed by atoms with E-state index in [0.717, 1.165) is 5.88 Å². The van der Waals surface area contributed by atoms with E-state index in [1.165, 1.54) is 19.0 Å². The van der Waals surface area contributed by atoms with E-state index >= 15 is 0 Å². The van der Waals surface area contributed by atoms with Gasteiger partial charge in [0.1, 0.15) is 0 Å². The van der Waals surface area contributed by atoms with Gasteiger partial charge in [0.05, 0.1) is 0 Å². The van der Waals surface area contributed by atoms with E-state index in [9.17, 15) is 0 Å². The smallest absolute Gasteiger partial charge is 0.0268 e. The molecule has 58 valence electrons. The monoisotopic (exact) mass is 176 g/mol. The van der Waals surface area contributed by atoms with Gasteiger partial charge in [0.15, 0.2) is 0 Å². The summed E-state index contributed by atoms with van der Waals surface area (Å²) in [6.45, 7) is 4.50. The Morgan fingerprint density at radius 2 is 1.70 bits per heavy atom. The zero-order valence-electron chi connectivity index (χ0n) is 6.65. The SMILES string of the molecule is CCC1=C(CC)P1CCCl. The van der Waals surface area contributed by atoms with Gasteiger partial charge in [-0.15, -0.1) is 11.6 Å². The molecule has 1 heterocycles. The van der Waals surface area contributed by atoms with Crippen LogP contribution in [0.5, 0.6) is 0 Å². The van der Waals surface area contributed by atoms with Gasteiger partial charge in [0, 0.05) is 5.88 Å². The standard InChI is InChI=1S/C8H14ClP/c1-3-7-8(4-2)10(7)6-5-9/h3-6H2,1-2H3. The number of allylic oxidation sites excluding steroid dienone is 2. The van der Waals surface area contributed by atoms with Crippen LogP contribution in [0.15, 0.2) is 10.6 Å². The van der Waals surface area contributed by atoms with Crippen LogP contribution in [-0.4, -0.2) is 12.0 Å². The fraction of sp³-hybridized carbons (Fsp3) is 0.750. The van der Waals surface area contributed by atoms with E-state index in [1.54, 1.807) is 10.6 Å². The predicted molar refractivity (Wildman–Crippen MR) is 50.1 cm³/mol. The van der Waals surface area contributed by atoms with Crippen LogP contribution in [0.4, 0.5) is 0 Å². The van der Waals surface area contributed by atoms with E-state index < -0.39 is 0 Å². The third-order valence-electron chi connectivity index (χ3n) is 1.91. The largest absolute Gasteiger partial charge is 0.126 e. The Kier molecular flexibility index (Phi) is 3.20. The summed E-state index contributed by atoms with van der Waals surface area (Å²) in [6, 6.07) is 0. The summed E-state index contributed by atoms with van der Waals surface area (Å²) in [5.41, 5.74) is 0.